The number of imide groups is 1. The summed E-state index contributed by atoms with van der Waals surface area (Å²) in [6.07, 6.45) is 0. The van der Waals surface area contributed by atoms with Gasteiger partial charge in [0.25, 0.3) is 11.5 Å². The van der Waals surface area contributed by atoms with E-state index in [1.165, 1.54) is 30.3 Å². The zero-order valence-electron chi connectivity index (χ0n) is 16.5. The molecule has 2 atom stereocenters. The number of urea groups is 1. The van der Waals surface area contributed by atoms with Crippen molar-refractivity contribution in [3.63, 3.8) is 0 Å². The quantitative estimate of drug-likeness (QED) is 0.548. The first kappa shape index (κ1) is 19.2. The number of hydrogen-bond acceptors (Lipinski definition) is 5. The molecule has 0 radical (unpaired) electrons. The minimum Gasteiger partial charge on any atom is -0.375 e. The third-order valence-electron chi connectivity index (χ3n) is 5.69. The van der Waals surface area contributed by atoms with E-state index in [0.717, 1.165) is 11.0 Å². The van der Waals surface area contributed by atoms with Crippen LogP contribution >= 0.6 is 0 Å². The zero-order valence-corrected chi connectivity index (χ0v) is 16.5. The van der Waals surface area contributed by atoms with Crippen LogP contribution in [0.1, 0.15) is 37.2 Å². The maximum atomic E-state index is 14.2. The average molecular weight is 425 g/mol. The summed E-state index contributed by atoms with van der Waals surface area (Å²) >= 11 is 0. The normalized spacial score (nSPS) is 21.9. The number of aromatic amines is 1. The lowest BCUT2D eigenvalue weighted by Gasteiger charge is -2.38. The molecule has 158 valence electrons. The summed E-state index contributed by atoms with van der Waals surface area (Å²) in [5, 5.41) is 12.6. The van der Waals surface area contributed by atoms with Crippen LogP contribution in [0.4, 0.5) is 19.3 Å². The number of amides is 3. The van der Waals surface area contributed by atoms with Crippen molar-refractivity contribution in [2.24, 2.45) is 0 Å². The van der Waals surface area contributed by atoms with Crippen LogP contribution in [0, 0.1) is 11.6 Å². The second-order valence-electron chi connectivity index (χ2n) is 8.16. The van der Waals surface area contributed by atoms with Crippen LogP contribution in [0.5, 0.6) is 0 Å². The fraction of sp³-hybridized carbons (Fsp3) is 0.238. The SMILES string of the molecule is CC1(C)NC(=O)N(C2c3n[nH]c(=O)c4cc(F)cc(c34)NC2c2ccc(F)cc2)C1=O. The number of carbonyl (C=O) groups is 2. The van der Waals surface area contributed by atoms with Crippen LogP contribution in [0.25, 0.3) is 10.8 Å². The van der Waals surface area contributed by atoms with Crippen molar-refractivity contribution < 1.29 is 18.4 Å². The lowest BCUT2D eigenvalue weighted by Crippen LogP contribution is -2.44. The number of carbonyl (C=O) groups excluding carboxylic acids is 2. The van der Waals surface area contributed by atoms with Crippen molar-refractivity contribution >= 4 is 28.4 Å². The molecule has 8 nitrogen and oxygen atoms in total. The number of anilines is 1. The molecule has 0 bridgehead atoms. The number of rotatable bonds is 2. The van der Waals surface area contributed by atoms with Crippen LogP contribution < -0.4 is 16.2 Å². The minimum absolute atomic E-state index is 0.0429. The minimum atomic E-state index is -1.14. The number of aromatic nitrogens is 2. The van der Waals surface area contributed by atoms with Gasteiger partial charge >= 0.3 is 6.03 Å². The van der Waals surface area contributed by atoms with Crippen molar-refractivity contribution in [1.29, 1.82) is 0 Å². The Morgan fingerprint density at radius 1 is 1.03 bits per heavy atom. The second-order valence-corrected chi connectivity index (χ2v) is 8.16. The molecule has 2 aliphatic heterocycles. The van der Waals surface area contributed by atoms with E-state index in [4.69, 9.17) is 0 Å². The topological polar surface area (TPSA) is 107 Å². The molecule has 2 aromatic carbocycles. The Kier molecular flexibility index (Phi) is 3.92. The van der Waals surface area contributed by atoms with Gasteiger partial charge in [0.05, 0.1) is 17.1 Å². The third-order valence-corrected chi connectivity index (χ3v) is 5.69. The van der Waals surface area contributed by atoms with E-state index in [1.54, 1.807) is 13.8 Å². The Balaban J connectivity index is 1.79. The fourth-order valence-electron chi connectivity index (χ4n) is 4.26. The molecule has 3 amide bonds. The summed E-state index contributed by atoms with van der Waals surface area (Å²) in [6, 6.07) is 5.46. The highest BCUT2D eigenvalue weighted by atomic mass is 19.1. The van der Waals surface area contributed by atoms with Crippen molar-refractivity contribution in [2.75, 3.05) is 5.32 Å². The van der Waals surface area contributed by atoms with Crippen LogP contribution in [-0.4, -0.2) is 32.6 Å². The Labute approximate surface area is 174 Å². The number of benzene rings is 2. The first-order valence-electron chi connectivity index (χ1n) is 9.57. The highest BCUT2D eigenvalue weighted by molar-refractivity contribution is 6.08. The summed E-state index contributed by atoms with van der Waals surface area (Å²) in [5.41, 5.74) is -0.667. The summed E-state index contributed by atoms with van der Waals surface area (Å²) in [4.78, 5) is 39.3. The molecule has 3 aromatic rings. The molecule has 1 fully saturated rings. The molecule has 0 spiro atoms. The molecule has 3 N–H and O–H groups in total. The highest BCUT2D eigenvalue weighted by Crippen LogP contribution is 2.46. The fourth-order valence-corrected chi connectivity index (χ4v) is 4.26. The van der Waals surface area contributed by atoms with E-state index >= 15 is 0 Å². The van der Waals surface area contributed by atoms with Gasteiger partial charge in [-0.15, -0.1) is 0 Å². The van der Waals surface area contributed by atoms with Gasteiger partial charge in [-0.05, 0) is 43.7 Å². The van der Waals surface area contributed by atoms with Crippen LogP contribution in [0.2, 0.25) is 0 Å². The van der Waals surface area contributed by atoms with Gasteiger partial charge in [-0.1, -0.05) is 12.1 Å². The number of halogens is 2. The number of H-pyrrole nitrogens is 1. The maximum absolute atomic E-state index is 14.2. The molecule has 1 aromatic heterocycles. The van der Waals surface area contributed by atoms with E-state index in [0.29, 0.717) is 16.6 Å². The summed E-state index contributed by atoms with van der Waals surface area (Å²) < 4.78 is 27.8. The molecular weight excluding hydrogens is 408 g/mol. The van der Waals surface area contributed by atoms with Gasteiger partial charge in [0.2, 0.25) is 0 Å². The first-order valence-corrected chi connectivity index (χ1v) is 9.57. The van der Waals surface area contributed by atoms with Gasteiger partial charge in [-0.2, -0.15) is 5.10 Å². The number of hydrogen-bond donors (Lipinski definition) is 3. The van der Waals surface area contributed by atoms with E-state index in [-0.39, 0.29) is 11.1 Å². The molecule has 3 heterocycles. The molecule has 1 saturated heterocycles. The molecule has 2 aliphatic rings. The Morgan fingerprint density at radius 3 is 2.39 bits per heavy atom. The Hall–Kier alpha value is -3.82. The monoisotopic (exact) mass is 425 g/mol. The predicted octanol–water partition coefficient (Wildman–Crippen LogP) is 2.74. The molecular formula is C21H17F2N5O3. The first-order chi connectivity index (χ1) is 14.7. The van der Waals surface area contributed by atoms with Crippen molar-refractivity contribution in [1.82, 2.24) is 20.4 Å². The zero-order chi connectivity index (χ0) is 22.1. The Bertz CT molecular complexity index is 1320. The van der Waals surface area contributed by atoms with Gasteiger partial charge in [0, 0.05) is 11.1 Å². The molecule has 5 rings (SSSR count). The molecule has 2 unspecified atom stereocenters. The lowest BCUT2D eigenvalue weighted by molar-refractivity contribution is -0.132. The predicted molar refractivity (Wildman–Crippen MR) is 107 cm³/mol. The number of nitrogens with one attached hydrogen (secondary N) is 3. The van der Waals surface area contributed by atoms with Gasteiger partial charge < -0.3 is 10.6 Å². The standard InChI is InChI=1S/C21H17F2N5O3/c1-21(2)19(30)28(20(31)25-21)17-15(9-3-5-10(22)6-4-9)24-13-8-11(23)7-12-14(13)16(17)26-27-18(12)29/h3-8,15,17,24H,1-2H3,(H,25,31)(H,27,29). The average Bonchev–Trinajstić information content (AvgIpc) is 2.91. The molecule has 31 heavy (non-hydrogen) atoms. The van der Waals surface area contributed by atoms with Gasteiger partial charge in [0.15, 0.2) is 0 Å². The van der Waals surface area contributed by atoms with Gasteiger partial charge in [-0.3, -0.25) is 14.5 Å². The van der Waals surface area contributed by atoms with Crippen LogP contribution in [0.15, 0.2) is 41.2 Å². The Morgan fingerprint density at radius 2 is 1.74 bits per heavy atom. The molecule has 0 aliphatic carbocycles. The van der Waals surface area contributed by atoms with Gasteiger partial charge in [-0.25, -0.2) is 18.7 Å². The molecule has 0 saturated carbocycles. The van der Waals surface area contributed by atoms with Crippen molar-refractivity contribution in [3.8, 4) is 0 Å². The van der Waals surface area contributed by atoms with E-state index in [2.05, 4.69) is 20.8 Å². The van der Waals surface area contributed by atoms with E-state index in [9.17, 15) is 23.2 Å². The smallest absolute Gasteiger partial charge is 0.325 e. The molecule has 10 heteroatoms. The third kappa shape index (κ3) is 2.78. The van der Waals surface area contributed by atoms with Crippen molar-refractivity contribution in [3.05, 3.63) is 69.6 Å². The second kappa shape index (κ2) is 6.34. The van der Waals surface area contributed by atoms with Crippen LogP contribution in [0.3, 0.4) is 0 Å². The summed E-state index contributed by atoms with van der Waals surface area (Å²) in [5.74, 6) is -1.57. The van der Waals surface area contributed by atoms with E-state index < -0.39 is 46.8 Å². The van der Waals surface area contributed by atoms with E-state index in [1.807, 2.05) is 0 Å². The largest absolute Gasteiger partial charge is 0.375 e. The maximum Gasteiger partial charge on any atom is 0.325 e. The summed E-state index contributed by atoms with van der Waals surface area (Å²) in [6.45, 7) is 3.16. The van der Waals surface area contributed by atoms with Crippen LogP contribution in [-0.2, 0) is 4.79 Å². The van der Waals surface area contributed by atoms with Crippen molar-refractivity contribution in [2.45, 2.75) is 31.5 Å². The number of nitrogens with zero attached hydrogens (tertiary/aromatic N) is 2. The lowest BCUT2D eigenvalue weighted by atomic mass is 9.88. The highest BCUT2D eigenvalue weighted by Gasteiger charge is 2.52. The summed E-state index contributed by atoms with van der Waals surface area (Å²) in [7, 11) is 0. The van der Waals surface area contributed by atoms with Gasteiger partial charge in [0.1, 0.15) is 23.2 Å².